The van der Waals surface area contributed by atoms with Gasteiger partial charge in [-0.25, -0.2) is 13.2 Å². The molecule has 0 amide bonds. The molecule has 0 aliphatic carbocycles. The molecule has 21 heavy (non-hydrogen) atoms. The summed E-state index contributed by atoms with van der Waals surface area (Å²) in [6.45, 7) is 0. The predicted molar refractivity (Wildman–Crippen MR) is 76.5 cm³/mol. The number of aromatic carboxylic acids is 1. The number of anilines is 2. The Morgan fingerprint density at radius 1 is 1.38 bits per heavy atom. The maximum atomic E-state index is 11.8. The van der Waals surface area contributed by atoms with E-state index in [1.54, 1.807) is 0 Å². The molecule has 116 valence electrons. The number of esters is 1. The molecule has 0 unspecified atom stereocenters. The maximum Gasteiger partial charge on any atom is 0.337 e. The average Bonchev–Trinajstić information content (AvgIpc) is 2.39. The van der Waals surface area contributed by atoms with Gasteiger partial charge in [0.25, 0.3) is 0 Å². The first-order chi connectivity index (χ1) is 9.75. The molecule has 0 bridgehead atoms. The Labute approximate surface area is 122 Å². The highest BCUT2D eigenvalue weighted by Gasteiger charge is 2.17. The van der Waals surface area contributed by atoms with Crippen LogP contribution in [0.15, 0.2) is 18.2 Å². The van der Waals surface area contributed by atoms with Crippen molar-refractivity contribution >= 4 is 33.3 Å². The SMILES string of the molecule is COC(=O)CCCS(=O)(=O)Nc1ccc(N)cc1C(=O)O. The summed E-state index contributed by atoms with van der Waals surface area (Å²) >= 11 is 0. The number of ether oxygens (including phenoxy) is 1. The number of hydrogen-bond acceptors (Lipinski definition) is 6. The molecular weight excluding hydrogens is 300 g/mol. The monoisotopic (exact) mass is 316 g/mol. The Balaban J connectivity index is 2.80. The van der Waals surface area contributed by atoms with E-state index in [1.807, 2.05) is 0 Å². The second-order valence-electron chi connectivity index (χ2n) is 4.21. The quantitative estimate of drug-likeness (QED) is 0.496. The van der Waals surface area contributed by atoms with Crippen molar-refractivity contribution in [2.75, 3.05) is 23.3 Å². The summed E-state index contributed by atoms with van der Waals surface area (Å²) in [4.78, 5) is 22.0. The standard InChI is InChI=1S/C12H16N2O6S/c1-20-11(15)3-2-6-21(18,19)14-10-5-4-8(13)7-9(10)12(16)17/h4-5,7,14H,2-3,6,13H2,1H3,(H,16,17). The molecular formula is C12H16N2O6S. The van der Waals surface area contributed by atoms with Crippen molar-refractivity contribution in [2.45, 2.75) is 12.8 Å². The number of nitrogens with one attached hydrogen (secondary N) is 1. The van der Waals surface area contributed by atoms with Gasteiger partial charge < -0.3 is 15.6 Å². The lowest BCUT2D eigenvalue weighted by atomic mass is 10.1. The molecule has 0 radical (unpaired) electrons. The van der Waals surface area contributed by atoms with E-state index in [4.69, 9.17) is 10.8 Å². The van der Waals surface area contributed by atoms with Gasteiger partial charge in [0, 0.05) is 12.1 Å². The summed E-state index contributed by atoms with van der Waals surface area (Å²) in [5, 5.41) is 9.02. The molecule has 9 heteroatoms. The average molecular weight is 316 g/mol. The first kappa shape index (κ1) is 16.8. The van der Waals surface area contributed by atoms with Crippen molar-refractivity contribution in [2.24, 2.45) is 0 Å². The van der Waals surface area contributed by atoms with Crippen molar-refractivity contribution in [1.29, 1.82) is 0 Å². The van der Waals surface area contributed by atoms with Crippen molar-refractivity contribution in [3.63, 3.8) is 0 Å². The van der Waals surface area contributed by atoms with Gasteiger partial charge in [0.15, 0.2) is 0 Å². The normalized spacial score (nSPS) is 10.9. The number of hydrogen-bond donors (Lipinski definition) is 3. The molecule has 1 aromatic carbocycles. The molecule has 0 aromatic heterocycles. The number of carboxylic acids is 1. The zero-order valence-electron chi connectivity index (χ0n) is 11.3. The fourth-order valence-corrected chi connectivity index (χ4v) is 2.69. The molecule has 0 atom stereocenters. The minimum atomic E-state index is -3.77. The topological polar surface area (TPSA) is 136 Å². The molecule has 0 aliphatic rings. The molecule has 1 rings (SSSR count). The number of sulfonamides is 1. The van der Waals surface area contributed by atoms with Crippen LogP contribution in [0.1, 0.15) is 23.2 Å². The number of nitrogens with two attached hydrogens (primary N) is 1. The highest BCUT2D eigenvalue weighted by atomic mass is 32.2. The van der Waals surface area contributed by atoms with E-state index in [-0.39, 0.29) is 35.5 Å². The highest BCUT2D eigenvalue weighted by Crippen LogP contribution is 2.20. The van der Waals surface area contributed by atoms with E-state index in [0.717, 1.165) is 6.07 Å². The van der Waals surface area contributed by atoms with Gasteiger partial charge in [-0.1, -0.05) is 0 Å². The van der Waals surface area contributed by atoms with Gasteiger partial charge in [0.2, 0.25) is 10.0 Å². The van der Waals surface area contributed by atoms with Crippen LogP contribution >= 0.6 is 0 Å². The Hall–Kier alpha value is -2.29. The summed E-state index contributed by atoms with van der Waals surface area (Å²) < 4.78 is 30.3. The maximum absolute atomic E-state index is 11.8. The number of carbonyl (C=O) groups excluding carboxylic acids is 1. The molecule has 1 aromatic rings. The number of nitrogen functional groups attached to an aromatic ring is 1. The van der Waals surface area contributed by atoms with Crippen LogP contribution in [0.25, 0.3) is 0 Å². The largest absolute Gasteiger partial charge is 0.478 e. The van der Waals surface area contributed by atoms with Crippen molar-refractivity contribution < 1.29 is 27.9 Å². The predicted octanol–water partition coefficient (Wildman–Crippen LogP) is 0.662. The van der Waals surface area contributed by atoms with E-state index in [0.29, 0.717) is 0 Å². The van der Waals surface area contributed by atoms with E-state index >= 15 is 0 Å². The molecule has 8 nitrogen and oxygen atoms in total. The van der Waals surface area contributed by atoms with Crippen LogP contribution in [0.3, 0.4) is 0 Å². The summed E-state index contributed by atoms with van der Waals surface area (Å²) in [5.74, 6) is -2.13. The summed E-state index contributed by atoms with van der Waals surface area (Å²) in [6.07, 6.45) is 0.0321. The summed E-state index contributed by atoms with van der Waals surface area (Å²) in [7, 11) is -2.56. The molecule has 0 heterocycles. The highest BCUT2D eigenvalue weighted by molar-refractivity contribution is 7.92. The zero-order chi connectivity index (χ0) is 16.0. The van der Waals surface area contributed by atoms with Crippen LogP contribution in [0.4, 0.5) is 11.4 Å². The third kappa shape index (κ3) is 5.30. The van der Waals surface area contributed by atoms with Gasteiger partial charge in [-0.2, -0.15) is 0 Å². The molecule has 4 N–H and O–H groups in total. The fourth-order valence-electron chi connectivity index (χ4n) is 1.55. The Bertz CT molecular complexity index is 641. The third-order valence-corrected chi connectivity index (χ3v) is 3.92. The van der Waals surface area contributed by atoms with Crippen molar-refractivity contribution in [1.82, 2.24) is 0 Å². The van der Waals surface area contributed by atoms with E-state index in [2.05, 4.69) is 9.46 Å². The number of methoxy groups -OCH3 is 1. The lowest BCUT2D eigenvalue weighted by molar-refractivity contribution is -0.140. The van der Waals surface area contributed by atoms with Crippen LogP contribution in [0.2, 0.25) is 0 Å². The minimum Gasteiger partial charge on any atom is -0.478 e. The number of benzene rings is 1. The minimum absolute atomic E-state index is 0.0368. The lowest BCUT2D eigenvalue weighted by Gasteiger charge is -2.11. The van der Waals surface area contributed by atoms with Crippen LogP contribution in [0, 0.1) is 0 Å². The lowest BCUT2D eigenvalue weighted by Crippen LogP contribution is -2.19. The number of carbonyl (C=O) groups is 2. The number of carboxylic acid groups (broad SMARTS) is 1. The molecule has 0 fully saturated rings. The second kappa shape index (κ2) is 6.93. The fraction of sp³-hybridized carbons (Fsp3) is 0.333. The van der Waals surface area contributed by atoms with Gasteiger partial charge in [0.05, 0.1) is 24.1 Å². The molecule has 0 saturated heterocycles. The van der Waals surface area contributed by atoms with E-state index < -0.39 is 22.0 Å². The third-order valence-electron chi connectivity index (χ3n) is 2.56. The Morgan fingerprint density at radius 2 is 2.05 bits per heavy atom. The van der Waals surface area contributed by atoms with E-state index in [1.165, 1.54) is 19.2 Å². The van der Waals surface area contributed by atoms with Gasteiger partial charge in [-0.3, -0.25) is 9.52 Å². The van der Waals surface area contributed by atoms with Gasteiger partial charge in [-0.05, 0) is 24.6 Å². The second-order valence-corrected chi connectivity index (χ2v) is 6.05. The Kier molecular flexibility index (Phi) is 5.53. The van der Waals surface area contributed by atoms with Crippen LogP contribution in [-0.2, 0) is 19.6 Å². The van der Waals surface area contributed by atoms with Crippen molar-refractivity contribution in [3.05, 3.63) is 23.8 Å². The molecule has 0 spiro atoms. The molecule has 0 saturated carbocycles. The van der Waals surface area contributed by atoms with Gasteiger partial charge in [-0.15, -0.1) is 0 Å². The summed E-state index contributed by atoms with van der Waals surface area (Å²) in [6, 6.07) is 3.82. The smallest absolute Gasteiger partial charge is 0.337 e. The van der Waals surface area contributed by atoms with Crippen LogP contribution in [-0.4, -0.2) is 38.3 Å². The van der Waals surface area contributed by atoms with Gasteiger partial charge >= 0.3 is 11.9 Å². The molecule has 0 aliphatic heterocycles. The Morgan fingerprint density at radius 3 is 2.62 bits per heavy atom. The first-order valence-electron chi connectivity index (χ1n) is 5.95. The number of rotatable bonds is 7. The van der Waals surface area contributed by atoms with Crippen LogP contribution in [0.5, 0.6) is 0 Å². The van der Waals surface area contributed by atoms with Gasteiger partial charge in [0.1, 0.15) is 0 Å². The van der Waals surface area contributed by atoms with E-state index in [9.17, 15) is 18.0 Å². The summed E-state index contributed by atoms with van der Waals surface area (Å²) in [5.41, 5.74) is 5.36. The zero-order valence-corrected chi connectivity index (χ0v) is 12.1. The van der Waals surface area contributed by atoms with Crippen molar-refractivity contribution in [3.8, 4) is 0 Å². The first-order valence-corrected chi connectivity index (χ1v) is 7.60. The van der Waals surface area contributed by atoms with Crippen LogP contribution < -0.4 is 10.5 Å².